The van der Waals surface area contributed by atoms with Crippen LogP contribution in [0.3, 0.4) is 0 Å². The van der Waals surface area contributed by atoms with E-state index in [0.717, 1.165) is 33.4 Å². The van der Waals surface area contributed by atoms with Gasteiger partial charge >= 0.3 is 11.7 Å². The lowest BCUT2D eigenvalue weighted by Gasteiger charge is -2.37. The Morgan fingerprint density at radius 3 is 1.61 bits per heavy atom. The highest BCUT2D eigenvalue weighted by molar-refractivity contribution is 5.95. The van der Waals surface area contributed by atoms with Crippen LogP contribution >= 0.6 is 0 Å². The number of rotatable bonds is 17. The van der Waals surface area contributed by atoms with Gasteiger partial charge < -0.3 is 39.4 Å². The summed E-state index contributed by atoms with van der Waals surface area (Å²) in [5.41, 5.74) is 2.88. The molecule has 1 aromatic heterocycles. The first-order valence-corrected chi connectivity index (χ1v) is 22.6. The quantitative estimate of drug-likeness (QED) is 0.0595. The van der Waals surface area contributed by atoms with Crippen molar-refractivity contribution in [3.05, 3.63) is 256 Å². The lowest BCUT2D eigenvalue weighted by Crippen LogP contribution is -2.42. The highest BCUT2D eigenvalue weighted by atomic mass is 16.6. The number of methoxy groups -OCH3 is 2. The molecule has 7 aromatic carbocycles. The van der Waals surface area contributed by atoms with Crippen LogP contribution in [0.15, 0.2) is 211 Å². The first kappa shape index (κ1) is 46.1. The second-order valence-electron chi connectivity index (χ2n) is 16.5. The second kappa shape index (κ2) is 20.5. The molecule has 348 valence electrons. The zero-order chi connectivity index (χ0) is 47.8. The maximum atomic E-state index is 14.5. The molecule has 12 heteroatoms. The number of anilines is 2. The van der Waals surface area contributed by atoms with Gasteiger partial charge in [0.25, 0.3) is 0 Å². The number of hydrogen-bond donors (Lipinski definition) is 3. The average Bonchev–Trinajstić information content (AvgIpc) is 3.72. The van der Waals surface area contributed by atoms with Gasteiger partial charge in [-0.3, -0.25) is 4.57 Å². The maximum absolute atomic E-state index is 14.5. The van der Waals surface area contributed by atoms with Crippen molar-refractivity contribution in [2.24, 2.45) is 0 Å². The first-order chi connectivity index (χ1) is 33.8. The first-order valence-electron chi connectivity index (χ1n) is 22.6. The molecule has 0 aliphatic carbocycles. The van der Waals surface area contributed by atoms with E-state index in [0.29, 0.717) is 17.2 Å². The number of para-hydroxylation sites is 1. The fourth-order valence-electron chi connectivity index (χ4n) is 9.23. The minimum absolute atomic E-state index is 0.199. The third-order valence-electron chi connectivity index (χ3n) is 12.6. The number of nitrogens with zero attached hydrogens (tertiary/aromatic N) is 2. The normalized spacial score (nSPS) is 16.9. The minimum Gasteiger partial charge on any atom is -0.497 e. The van der Waals surface area contributed by atoms with Crippen molar-refractivity contribution in [3.8, 4) is 11.5 Å². The second-order valence-corrected chi connectivity index (χ2v) is 16.5. The van der Waals surface area contributed by atoms with E-state index < -0.39 is 47.3 Å². The molecule has 4 atom stereocenters. The largest absolute Gasteiger partial charge is 0.497 e. The zero-order valence-electron chi connectivity index (χ0n) is 38.3. The molecule has 0 saturated carbocycles. The summed E-state index contributed by atoms with van der Waals surface area (Å²) in [6.07, 6.45) is -3.77. The van der Waals surface area contributed by atoms with Gasteiger partial charge in [0.2, 0.25) is 0 Å². The molecule has 1 aliphatic rings. The van der Waals surface area contributed by atoms with Crippen molar-refractivity contribution >= 4 is 17.5 Å². The van der Waals surface area contributed by atoms with Gasteiger partial charge in [-0.2, -0.15) is 4.98 Å². The van der Waals surface area contributed by atoms with E-state index in [2.05, 4.69) is 15.6 Å². The molecule has 0 unspecified atom stereocenters. The molecule has 0 spiro atoms. The van der Waals surface area contributed by atoms with Crippen LogP contribution in [0.1, 0.15) is 50.0 Å². The highest BCUT2D eigenvalue weighted by Crippen LogP contribution is 2.44. The molecule has 1 saturated heterocycles. The Morgan fingerprint density at radius 1 is 0.638 bits per heavy atom. The zero-order valence-corrected chi connectivity index (χ0v) is 38.3. The van der Waals surface area contributed by atoms with Crippen LogP contribution < -0.4 is 25.8 Å². The number of aromatic nitrogens is 2. The molecule has 0 amide bonds. The Bertz CT molecular complexity index is 2930. The molecule has 69 heavy (non-hydrogen) atoms. The molecule has 2 heterocycles. The predicted octanol–water partition coefficient (Wildman–Crippen LogP) is 9.20. The number of hydrogen-bond acceptors (Lipinski definition) is 11. The summed E-state index contributed by atoms with van der Waals surface area (Å²) in [5, 5.41) is 19.0. The van der Waals surface area contributed by atoms with E-state index in [1.807, 2.05) is 170 Å². The van der Waals surface area contributed by atoms with Crippen molar-refractivity contribution in [2.75, 3.05) is 38.5 Å². The number of carbonyl (C=O) groups excluding carboxylic acids is 1. The molecule has 9 rings (SSSR count). The SMILES string of the molecule is CNc1ccccc1C(=O)O[C@H]1[C@@H](O)[C@H](n2ccc(NC(c3ccccc3)(c3ccccc3)c3ccc(OC)cc3)nc2=O)O[C@@H]1COC(c1ccccc1)(c1ccccc1)c1ccc(OC)cc1. The number of esters is 1. The summed E-state index contributed by atoms with van der Waals surface area (Å²) in [4.78, 5) is 33.1. The summed E-state index contributed by atoms with van der Waals surface area (Å²) in [6, 6.07) is 63.3. The number of carbonyl (C=O) groups is 1. The molecule has 1 aliphatic heterocycles. The molecular weight excluding hydrogens is 869 g/mol. The van der Waals surface area contributed by atoms with Crippen LogP contribution in [0.5, 0.6) is 11.5 Å². The Kier molecular flexibility index (Phi) is 13.7. The van der Waals surface area contributed by atoms with Crippen molar-refractivity contribution < 1.29 is 33.6 Å². The van der Waals surface area contributed by atoms with Gasteiger partial charge in [-0.05, 0) is 75.8 Å². The van der Waals surface area contributed by atoms with Crippen LogP contribution in [-0.4, -0.2) is 66.8 Å². The van der Waals surface area contributed by atoms with Crippen LogP contribution in [-0.2, 0) is 25.4 Å². The molecule has 3 N–H and O–H groups in total. The van der Waals surface area contributed by atoms with E-state index in [9.17, 15) is 14.7 Å². The van der Waals surface area contributed by atoms with E-state index in [1.165, 1.54) is 10.8 Å². The Hall–Kier alpha value is -8.03. The molecular formula is C57H52N4O8. The molecule has 8 aromatic rings. The van der Waals surface area contributed by atoms with Gasteiger partial charge in [0.1, 0.15) is 40.7 Å². The molecule has 0 bridgehead atoms. The van der Waals surface area contributed by atoms with Crippen molar-refractivity contribution in [3.63, 3.8) is 0 Å². The van der Waals surface area contributed by atoms with Gasteiger partial charge in [-0.1, -0.05) is 158 Å². The standard InChI is InChI=1S/C57H52N4O8/c1-58-48-27-17-16-26-47(48)54(63)69-52-49(38-67-57(42-22-12-6-13-23-42,43-24-14-7-15-25-43)44-30-34-46(66-3)35-31-44)68-53(51(52)62)61-37-36-50(59-55(61)64)60-56(39-18-8-4-9-19-39,40-20-10-5-11-21-40)41-28-32-45(65-2)33-29-41/h4-37,49,51-53,58,62H,38H2,1-3H3,(H,59,60,64)/t49-,51-,52-,53-/m1/s1. The van der Waals surface area contributed by atoms with E-state index >= 15 is 0 Å². The van der Waals surface area contributed by atoms with Gasteiger partial charge in [0, 0.05) is 18.9 Å². The number of nitrogens with one attached hydrogen (secondary N) is 2. The third kappa shape index (κ3) is 9.08. The molecule has 12 nitrogen and oxygen atoms in total. The fraction of sp³-hybridized carbons (Fsp3) is 0.175. The topological polar surface area (TPSA) is 142 Å². The van der Waals surface area contributed by atoms with E-state index in [4.69, 9.17) is 23.7 Å². The van der Waals surface area contributed by atoms with Crippen LogP contribution in [0.2, 0.25) is 0 Å². The van der Waals surface area contributed by atoms with Gasteiger partial charge in [-0.25, -0.2) is 9.59 Å². The molecule has 0 radical (unpaired) electrons. The molecule has 1 fully saturated rings. The van der Waals surface area contributed by atoms with Crippen LogP contribution in [0.4, 0.5) is 11.5 Å². The minimum atomic E-state index is -1.54. The van der Waals surface area contributed by atoms with Crippen LogP contribution in [0, 0.1) is 0 Å². The Balaban J connectivity index is 1.10. The summed E-state index contributed by atoms with van der Waals surface area (Å²) in [7, 11) is 4.93. The third-order valence-corrected chi connectivity index (χ3v) is 12.6. The number of benzene rings is 7. The Labute approximate surface area is 400 Å². The predicted molar refractivity (Wildman–Crippen MR) is 265 cm³/mol. The van der Waals surface area contributed by atoms with Gasteiger partial charge in [0.15, 0.2) is 12.3 Å². The van der Waals surface area contributed by atoms with E-state index in [-0.39, 0.29) is 18.0 Å². The lowest BCUT2D eigenvalue weighted by molar-refractivity contribution is -0.0975. The van der Waals surface area contributed by atoms with Crippen LogP contribution in [0.25, 0.3) is 0 Å². The van der Waals surface area contributed by atoms with Crippen molar-refractivity contribution in [2.45, 2.75) is 35.7 Å². The monoisotopic (exact) mass is 920 g/mol. The summed E-state index contributed by atoms with van der Waals surface area (Å²) < 4.78 is 32.3. The summed E-state index contributed by atoms with van der Waals surface area (Å²) in [5.74, 6) is 0.913. The number of ether oxygens (including phenoxy) is 5. The Morgan fingerprint density at radius 2 is 1.10 bits per heavy atom. The van der Waals surface area contributed by atoms with Gasteiger partial charge in [-0.15, -0.1) is 0 Å². The van der Waals surface area contributed by atoms with E-state index in [1.54, 1.807) is 51.6 Å². The lowest BCUT2D eigenvalue weighted by atomic mass is 9.77. The highest BCUT2D eigenvalue weighted by Gasteiger charge is 2.50. The summed E-state index contributed by atoms with van der Waals surface area (Å²) in [6.45, 7) is -0.199. The number of aliphatic hydroxyl groups is 1. The summed E-state index contributed by atoms with van der Waals surface area (Å²) >= 11 is 0. The smallest absolute Gasteiger partial charge is 0.351 e. The fourth-order valence-corrected chi connectivity index (χ4v) is 9.23. The number of aliphatic hydroxyl groups excluding tert-OH is 1. The van der Waals surface area contributed by atoms with Gasteiger partial charge in [0.05, 0.1) is 26.4 Å². The van der Waals surface area contributed by atoms with Crippen molar-refractivity contribution in [1.29, 1.82) is 0 Å². The maximum Gasteiger partial charge on any atom is 0.351 e. The van der Waals surface area contributed by atoms with Crippen molar-refractivity contribution in [1.82, 2.24) is 9.55 Å². The average molecular weight is 921 g/mol.